The quantitative estimate of drug-likeness (QED) is 0.417. The van der Waals surface area contributed by atoms with Gasteiger partial charge in [-0.2, -0.15) is 5.26 Å². The maximum atomic E-state index is 13.4. The van der Waals surface area contributed by atoms with E-state index in [0.717, 1.165) is 32.7 Å². The van der Waals surface area contributed by atoms with Crippen LogP contribution in [0.1, 0.15) is 23.6 Å². The fraction of sp³-hybridized carbons (Fsp3) is 0.0769. The second-order valence-corrected chi connectivity index (χ2v) is 7.77. The summed E-state index contributed by atoms with van der Waals surface area (Å²) in [7, 11) is 0. The van der Waals surface area contributed by atoms with E-state index < -0.39 is 0 Å². The minimum atomic E-state index is -0.117. The van der Waals surface area contributed by atoms with Crippen molar-refractivity contribution in [3.8, 4) is 11.8 Å². The molecule has 0 aromatic heterocycles. The Kier molecular flexibility index (Phi) is 6.01. The molecule has 152 valence electrons. The lowest BCUT2D eigenvalue weighted by Gasteiger charge is -2.21. The summed E-state index contributed by atoms with van der Waals surface area (Å²) in [6.07, 6.45) is 3.77. The van der Waals surface area contributed by atoms with E-state index in [1.54, 1.807) is 29.2 Å². The lowest BCUT2D eigenvalue weighted by molar-refractivity contribution is -0.113. The summed E-state index contributed by atoms with van der Waals surface area (Å²) < 4.78 is 6.41. The third kappa shape index (κ3) is 4.30. The molecule has 4 nitrogen and oxygen atoms in total. The van der Waals surface area contributed by atoms with Crippen LogP contribution in [0, 0.1) is 11.3 Å². The largest absolute Gasteiger partial charge is 0.493 e. The number of benzene rings is 3. The first-order valence-corrected chi connectivity index (χ1v) is 10.7. The fourth-order valence-corrected chi connectivity index (χ4v) is 3.95. The maximum Gasteiger partial charge on any atom is 0.262 e. The van der Waals surface area contributed by atoms with Crippen LogP contribution in [-0.4, -0.2) is 12.5 Å². The van der Waals surface area contributed by atoms with Gasteiger partial charge in [-0.25, -0.2) is 0 Å². The highest BCUT2D eigenvalue weighted by Crippen LogP contribution is 2.36. The monoisotopic (exact) mass is 470 g/mol. The Balaban J connectivity index is 1.76. The van der Waals surface area contributed by atoms with Crippen LogP contribution in [0.3, 0.4) is 0 Å². The number of carbonyl (C=O) groups is 1. The number of nitriles is 1. The minimum absolute atomic E-state index is 0.117. The summed E-state index contributed by atoms with van der Waals surface area (Å²) in [6, 6.07) is 24.7. The smallest absolute Gasteiger partial charge is 0.262 e. The predicted molar refractivity (Wildman–Crippen MR) is 126 cm³/mol. The van der Waals surface area contributed by atoms with E-state index >= 15 is 0 Å². The average Bonchev–Trinajstić information content (AvgIpc) is 3.12. The van der Waals surface area contributed by atoms with Crippen molar-refractivity contribution in [1.82, 2.24) is 0 Å². The average molecular weight is 471 g/mol. The van der Waals surface area contributed by atoms with Crippen molar-refractivity contribution in [3.05, 3.63) is 106 Å². The zero-order valence-corrected chi connectivity index (χ0v) is 18.5. The lowest BCUT2D eigenvalue weighted by Crippen LogP contribution is -2.24. The van der Waals surface area contributed by atoms with Crippen molar-refractivity contribution in [2.24, 2.45) is 0 Å². The van der Waals surface area contributed by atoms with E-state index in [1.807, 2.05) is 67.6 Å². The number of rotatable bonds is 5. The number of halogens is 1. The van der Waals surface area contributed by atoms with E-state index in [9.17, 15) is 4.79 Å². The van der Waals surface area contributed by atoms with E-state index in [-0.39, 0.29) is 5.91 Å². The predicted octanol–water partition coefficient (Wildman–Crippen LogP) is 6.19. The van der Waals surface area contributed by atoms with E-state index in [0.29, 0.717) is 17.7 Å². The van der Waals surface area contributed by atoms with Crippen LogP contribution in [0.2, 0.25) is 0 Å². The van der Waals surface area contributed by atoms with E-state index in [2.05, 4.69) is 22.0 Å². The van der Waals surface area contributed by atoms with Crippen molar-refractivity contribution in [2.75, 3.05) is 11.5 Å². The summed E-state index contributed by atoms with van der Waals surface area (Å²) in [6.45, 7) is 2.52. The van der Waals surface area contributed by atoms with Gasteiger partial charge in [0.2, 0.25) is 0 Å². The molecule has 5 heteroatoms. The van der Waals surface area contributed by atoms with Gasteiger partial charge in [0.1, 0.15) is 5.75 Å². The van der Waals surface area contributed by atoms with Crippen LogP contribution in [0.5, 0.6) is 5.75 Å². The summed E-state index contributed by atoms with van der Waals surface area (Å²) in [5.74, 6) is 0.649. The molecule has 0 fully saturated rings. The van der Waals surface area contributed by atoms with Gasteiger partial charge in [0, 0.05) is 11.3 Å². The molecule has 3 aromatic carbocycles. The van der Waals surface area contributed by atoms with Gasteiger partial charge in [-0.3, -0.25) is 9.69 Å². The minimum Gasteiger partial charge on any atom is -0.493 e. The number of hydrogen-bond donors (Lipinski definition) is 0. The standard InChI is InChI=1S/C26H19BrN2O2/c1-2-31-25-13-10-19(15-23(25)27)14-21-16-24(20-6-4-3-5-7-20)29(26(21)30)22-11-8-18(17-28)9-12-22/h3-16H,2H2,1H3/b21-14+. The van der Waals surface area contributed by atoms with Crippen LogP contribution >= 0.6 is 15.9 Å². The highest BCUT2D eigenvalue weighted by atomic mass is 79.9. The van der Waals surface area contributed by atoms with Gasteiger partial charge in [-0.05, 0) is 82.5 Å². The maximum absolute atomic E-state index is 13.4. The zero-order valence-electron chi connectivity index (χ0n) is 16.9. The van der Waals surface area contributed by atoms with Crippen molar-refractivity contribution in [2.45, 2.75) is 6.92 Å². The second kappa shape index (κ2) is 9.03. The molecule has 0 saturated carbocycles. The Labute approximate surface area is 189 Å². The molecule has 0 unspecified atom stereocenters. The van der Waals surface area contributed by atoms with E-state index in [1.165, 1.54) is 0 Å². The molecule has 0 radical (unpaired) electrons. The van der Waals surface area contributed by atoms with Crippen LogP contribution < -0.4 is 9.64 Å². The van der Waals surface area contributed by atoms with Gasteiger partial charge in [-0.15, -0.1) is 0 Å². The molecule has 0 spiro atoms. The molecule has 0 atom stereocenters. The molecular formula is C26H19BrN2O2. The molecule has 0 aliphatic carbocycles. The summed E-state index contributed by atoms with van der Waals surface area (Å²) in [5, 5.41) is 9.09. The normalized spacial score (nSPS) is 14.5. The Hall–Kier alpha value is -3.62. The second-order valence-electron chi connectivity index (χ2n) is 6.92. The topological polar surface area (TPSA) is 53.3 Å². The van der Waals surface area contributed by atoms with Gasteiger partial charge in [-0.1, -0.05) is 36.4 Å². The Bertz CT molecular complexity index is 1220. The number of hydrogen-bond acceptors (Lipinski definition) is 3. The number of anilines is 1. The van der Waals surface area contributed by atoms with Gasteiger partial charge < -0.3 is 4.74 Å². The van der Waals surface area contributed by atoms with E-state index in [4.69, 9.17) is 10.00 Å². The molecule has 1 aliphatic heterocycles. The van der Waals surface area contributed by atoms with Crippen LogP contribution in [0.25, 0.3) is 11.8 Å². The first-order valence-electron chi connectivity index (χ1n) is 9.86. The molecule has 31 heavy (non-hydrogen) atoms. The highest BCUT2D eigenvalue weighted by molar-refractivity contribution is 9.10. The first kappa shape index (κ1) is 20.6. The molecule has 0 saturated heterocycles. The Morgan fingerprint density at radius 2 is 1.81 bits per heavy atom. The third-order valence-electron chi connectivity index (χ3n) is 4.89. The van der Waals surface area contributed by atoms with Gasteiger partial charge in [0.15, 0.2) is 0 Å². The molecule has 3 aromatic rings. The van der Waals surface area contributed by atoms with Gasteiger partial charge in [0.25, 0.3) is 5.91 Å². The molecule has 4 rings (SSSR count). The van der Waals surface area contributed by atoms with Crippen LogP contribution in [0.15, 0.2) is 88.9 Å². The SMILES string of the molecule is CCOc1ccc(/C=C2\C=C(c3ccccc3)N(c3ccc(C#N)cc3)C2=O)cc1Br. The summed E-state index contributed by atoms with van der Waals surface area (Å²) in [4.78, 5) is 15.1. The molecule has 1 heterocycles. The third-order valence-corrected chi connectivity index (χ3v) is 5.50. The molecule has 1 amide bonds. The fourth-order valence-electron chi connectivity index (χ4n) is 3.44. The summed E-state index contributed by atoms with van der Waals surface area (Å²) >= 11 is 3.53. The molecule has 0 bridgehead atoms. The number of amides is 1. The summed E-state index contributed by atoms with van der Waals surface area (Å²) in [5.41, 5.74) is 4.48. The van der Waals surface area contributed by atoms with Crippen LogP contribution in [-0.2, 0) is 4.79 Å². The van der Waals surface area contributed by atoms with Gasteiger partial charge in [0.05, 0.1) is 28.4 Å². The molecule has 1 aliphatic rings. The first-order chi connectivity index (χ1) is 15.1. The number of carbonyl (C=O) groups excluding carboxylic acids is 1. The van der Waals surface area contributed by atoms with Gasteiger partial charge >= 0.3 is 0 Å². The molecular weight excluding hydrogens is 452 g/mol. The zero-order chi connectivity index (χ0) is 21.8. The van der Waals surface area contributed by atoms with Crippen molar-refractivity contribution in [1.29, 1.82) is 5.26 Å². The lowest BCUT2D eigenvalue weighted by atomic mass is 10.1. The van der Waals surface area contributed by atoms with Crippen molar-refractivity contribution < 1.29 is 9.53 Å². The Morgan fingerprint density at radius 3 is 2.45 bits per heavy atom. The van der Waals surface area contributed by atoms with Crippen molar-refractivity contribution in [3.63, 3.8) is 0 Å². The number of ether oxygens (including phenoxy) is 1. The van der Waals surface area contributed by atoms with Crippen molar-refractivity contribution >= 4 is 39.3 Å². The Morgan fingerprint density at radius 1 is 1.06 bits per heavy atom. The number of nitrogens with zero attached hydrogens (tertiary/aromatic N) is 2. The van der Waals surface area contributed by atoms with Crippen LogP contribution in [0.4, 0.5) is 5.69 Å². The molecule has 0 N–H and O–H groups in total. The highest BCUT2D eigenvalue weighted by Gasteiger charge is 2.30.